The van der Waals surface area contributed by atoms with Gasteiger partial charge in [0.2, 0.25) is 5.91 Å². The second-order valence-corrected chi connectivity index (χ2v) is 6.69. The topological polar surface area (TPSA) is 58.6 Å². The Morgan fingerprint density at radius 3 is 2.50 bits per heavy atom. The van der Waals surface area contributed by atoms with Crippen molar-refractivity contribution in [2.45, 2.75) is 70.3 Å². The van der Waals surface area contributed by atoms with Gasteiger partial charge in [0.25, 0.3) is 0 Å². The molecule has 0 unspecified atom stereocenters. The lowest BCUT2D eigenvalue weighted by molar-refractivity contribution is -0.127. The summed E-state index contributed by atoms with van der Waals surface area (Å²) in [5, 5.41) is 13.4. The highest BCUT2D eigenvalue weighted by Crippen LogP contribution is 2.48. The molecule has 0 aromatic carbocycles. The monoisotopic (exact) mass is 283 g/mol. The van der Waals surface area contributed by atoms with Gasteiger partial charge < -0.3 is 15.2 Å². The first-order chi connectivity index (χ1) is 9.58. The summed E-state index contributed by atoms with van der Waals surface area (Å²) in [5.41, 5.74) is -0.468. The lowest BCUT2D eigenvalue weighted by Gasteiger charge is -2.31. The van der Waals surface area contributed by atoms with Crippen molar-refractivity contribution in [1.29, 1.82) is 0 Å². The molecule has 4 heteroatoms. The molecule has 2 saturated carbocycles. The molecule has 0 saturated heterocycles. The number of carbonyl (C=O) groups excluding carboxylic acids is 1. The molecule has 0 aliphatic heterocycles. The number of rotatable bonds is 8. The number of nitrogens with one attached hydrogen (secondary N) is 1. The first-order valence-electron chi connectivity index (χ1n) is 8.14. The Bertz CT molecular complexity index is 320. The number of ether oxygens (including phenoxy) is 1. The summed E-state index contributed by atoms with van der Waals surface area (Å²) < 4.78 is 5.40. The smallest absolute Gasteiger partial charge is 0.222 e. The summed E-state index contributed by atoms with van der Waals surface area (Å²) in [5.74, 6) is 0.0112. The van der Waals surface area contributed by atoms with Gasteiger partial charge in [-0.05, 0) is 44.4 Å². The van der Waals surface area contributed by atoms with Gasteiger partial charge >= 0.3 is 0 Å². The predicted octanol–water partition coefficient (Wildman–Crippen LogP) is 2.39. The van der Waals surface area contributed by atoms with E-state index in [0.717, 1.165) is 51.9 Å². The van der Waals surface area contributed by atoms with Crippen molar-refractivity contribution < 1.29 is 14.6 Å². The van der Waals surface area contributed by atoms with Crippen LogP contribution in [0.4, 0.5) is 0 Å². The van der Waals surface area contributed by atoms with Crippen LogP contribution in [-0.4, -0.2) is 36.4 Å². The number of carbonyl (C=O) groups is 1. The molecule has 0 spiro atoms. The SMILES string of the molecule is CCOCCC1(CNC(=O)CC2(O)CCCCC2)CC1. The first kappa shape index (κ1) is 15.8. The lowest BCUT2D eigenvalue weighted by atomic mass is 9.82. The standard InChI is InChI=1S/C16H29NO3/c1-2-20-11-10-15(8-9-15)13-17-14(18)12-16(19)6-4-3-5-7-16/h19H,2-13H2,1H3,(H,17,18). The third-order valence-electron chi connectivity index (χ3n) is 4.87. The van der Waals surface area contributed by atoms with Gasteiger partial charge in [-0.1, -0.05) is 19.3 Å². The van der Waals surface area contributed by atoms with Gasteiger partial charge in [0.15, 0.2) is 0 Å². The van der Waals surface area contributed by atoms with E-state index in [1.807, 2.05) is 6.92 Å². The van der Waals surface area contributed by atoms with Crippen molar-refractivity contribution in [2.75, 3.05) is 19.8 Å². The molecular formula is C16H29NO3. The molecule has 1 amide bonds. The molecule has 2 aliphatic carbocycles. The zero-order valence-corrected chi connectivity index (χ0v) is 12.7. The quantitative estimate of drug-likeness (QED) is 0.673. The molecule has 2 aliphatic rings. The molecule has 0 aromatic rings. The van der Waals surface area contributed by atoms with Crippen molar-refractivity contribution in [3.05, 3.63) is 0 Å². The van der Waals surface area contributed by atoms with Gasteiger partial charge in [0.1, 0.15) is 0 Å². The Balaban J connectivity index is 1.67. The fourth-order valence-electron chi connectivity index (χ4n) is 3.16. The molecule has 2 rings (SSSR count). The van der Waals surface area contributed by atoms with E-state index in [0.29, 0.717) is 0 Å². The maximum Gasteiger partial charge on any atom is 0.222 e. The molecule has 0 atom stereocenters. The fourth-order valence-corrected chi connectivity index (χ4v) is 3.16. The van der Waals surface area contributed by atoms with Crippen molar-refractivity contribution >= 4 is 5.91 Å². The Morgan fingerprint density at radius 1 is 1.20 bits per heavy atom. The first-order valence-corrected chi connectivity index (χ1v) is 8.14. The third-order valence-corrected chi connectivity index (χ3v) is 4.87. The normalized spacial score (nSPS) is 23.3. The van der Waals surface area contributed by atoms with Crippen LogP contribution in [0.1, 0.15) is 64.7 Å². The van der Waals surface area contributed by atoms with Crippen LogP contribution >= 0.6 is 0 Å². The summed E-state index contributed by atoms with van der Waals surface area (Å²) in [6.45, 7) is 4.30. The van der Waals surface area contributed by atoms with Gasteiger partial charge in [0.05, 0.1) is 12.0 Å². The van der Waals surface area contributed by atoms with E-state index in [9.17, 15) is 9.90 Å². The van der Waals surface area contributed by atoms with Crippen LogP contribution in [0.15, 0.2) is 0 Å². The van der Waals surface area contributed by atoms with Gasteiger partial charge in [-0.15, -0.1) is 0 Å². The molecule has 2 N–H and O–H groups in total. The maximum absolute atomic E-state index is 12.0. The van der Waals surface area contributed by atoms with Gasteiger partial charge in [-0.25, -0.2) is 0 Å². The number of amides is 1. The number of hydrogen-bond donors (Lipinski definition) is 2. The van der Waals surface area contributed by atoms with Crippen LogP contribution in [0.5, 0.6) is 0 Å². The fraction of sp³-hybridized carbons (Fsp3) is 0.938. The zero-order valence-electron chi connectivity index (χ0n) is 12.7. The Labute approximate surface area is 122 Å². The summed E-state index contributed by atoms with van der Waals surface area (Å²) in [4.78, 5) is 12.0. The highest BCUT2D eigenvalue weighted by molar-refractivity contribution is 5.77. The van der Waals surface area contributed by atoms with E-state index in [-0.39, 0.29) is 17.7 Å². The van der Waals surface area contributed by atoms with E-state index < -0.39 is 5.60 Å². The summed E-state index contributed by atoms with van der Waals surface area (Å²) in [6.07, 6.45) is 8.50. The minimum atomic E-state index is -0.746. The average Bonchev–Trinajstić information content (AvgIpc) is 3.18. The highest BCUT2D eigenvalue weighted by atomic mass is 16.5. The third kappa shape index (κ3) is 4.74. The Morgan fingerprint density at radius 2 is 1.90 bits per heavy atom. The zero-order chi connectivity index (χ0) is 14.5. The largest absolute Gasteiger partial charge is 0.389 e. The van der Waals surface area contributed by atoms with E-state index in [1.54, 1.807) is 0 Å². The average molecular weight is 283 g/mol. The van der Waals surface area contributed by atoms with Crippen molar-refractivity contribution in [2.24, 2.45) is 5.41 Å². The van der Waals surface area contributed by atoms with Gasteiger partial charge in [-0.2, -0.15) is 0 Å². The highest BCUT2D eigenvalue weighted by Gasteiger charge is 2.42. The van der Waals surface area contributed by atoms with Crippen LogP contribution < -0.4 is 5.32 Å². The number of aliphatic hydroxyl groups is 1. The molecular weight excluding hydrogens is 254 g/mol. The lowest BCUT2D eigenvalue weighted by Crippen LogP contribution is -2.40. The minimum Gasteiger partial charge on any atom is -0.389 e. The van der Waals surface area contributed by atoms with Crippen molar-refractivity contribution in [3.63, 3.8) is 0 Å². The van der Waals surface area contributed by atoms with Crippen LogP contribution in [0, 0.1) is 5.41 Å². The molecule has 2 fully saturated rings. The molecule has 0 bridgehead atoms. The minimum absolute atomic E-state index is 0.0112. The second kappa shape index (κ2) is 6.90. The molecule has 20 heavy (non-hydrogen) atoms. The van der Waals surface area contributed by atoms with Crippen LogP contribution in [0.2, 0.25) is 0 Å². The summed E-state index contributed by atoms with van der Waals surface area (Å²) in [7, 11) is 0. The van der Waals surface area contributed by atoms with Gasteiger partial charge in [-0.3, -0.25) is 4.79 Å². The molecule has 0 radical (unpaired) electrons. The van der Waals surface area contributed by atoms with E-state index in [2.05, 4.69) is 5.32 Å². The molecule has 0 aromatic heterocycles. The maximum atomic E-state index is 12.0. The van der Waals surface area contributed by atoms with Crippen LogP contribution in [0.25, 0.3) is 0 Å². The number of hydrogen-bond acceptors (Lipinski definition) is 3. The Kier molecular flexibility index (Phi) is 5.44. The Hall–Kier alpha value is -0.610. The van der Waals surface area contributed by atoms with Crippen LogP contribution in [-0.2, 0) is 9.53 Å². The molecule has 0 heterocycles. The molecule has 4 nitrogen and oxygen atoms in total. The van der Waals surface area contributed by atoms with Crippen molar-refractivity contribution in [3.8, 4) is 0 Å². The van der Waals surface area contributed by atoms with Crippen LogP contribution in [0.3, 0.4) is 0 Å². The summed E-state index contributed by atoms with van der Waals surface area (Å²) in [6, 6.07) is 0. The van der Waals surface area contributed by atoms with Crippen molar-refractivity contribution in [1.82, 2.24) is 5.32 Å². The van der Waals surface area contributed by atoms with E-state index >= 15 is 0 Å². The van der Waals surface area contributed by atoms with E-state index in [4.69, 9.17) is 4.74 Å². The predicted molar refractivity (Wildman–Crippen MR) is 78.4 cm³/mol. The second-order valence-electron chi connectivity index (χ2n) is 6.69. The summed E-state index contributed by atoms with van der Waals surface area (Å²) >= 11 is 0. The van der Waals surface area contributed by atoms with E-state index in [1.165, 1.54) is 19.3 Å². The van der Waals surface area contributed by atoms with Gasteiger partial charge in [0, 0.05) is 19.8 Å². The molecule has 116 valence electrons.